The number of likely N-dealkylation sites (N-methyl/N-ethyl adjacent to an activating group) is 1. The molecule has 1 amide bonds. The number of benzene rings is 1. The summed E-state index contributed by atoms with van der Waals surface area (Å²) in [5.74, 6) is 0.631. The van der Waals surface area contributed by atoms with Crippen LogP contribution in [-0.4, -0.2) is 62.1 Å². The summed E-state index contributed by atoms with van der Waals surface area (Å²) in [5.41, 5.74) is 0.496. The van der Waals surface area contributed by atoms with Gasteiger partial charge in [-0.2, -0.15) is 0 Å². The average molecular weight is 380 g/mol. The number of halogens is 1. The van der Waals surface area contributed by atoms with E-state index in [0.29, 0.717) is 29.7 Å². The van der Waals surface area contributed by atoms with Crippen molar-refractivity contribution >= 4 is 23.5 Å². The van der Waals surface area contributed by atoms with Gasteiger partial charge in [-0.25, -0.2) is 0 Å². The average Bonchev–Trinajstić information content (AvgIpc) is 3.10. The number of nitrogens with zero attached hydrogens (tertiary/aromatic N) is 2. The van der Waals surface area contributed by atoms with Gasteiger partial charge in [0.2, 0.25) is 0 Å². The standard InChI is InChI=1S/C19H30ClN5O/c1-3-21-19(24-14-15-8-7-13-25(15)4-2)23-12-11-22-18(26)16-9-5-6-10-17(16)20/h5-6,9-10,15H,3-4,7-8,11-14H2,1-2H3,(H,22,26)(H2,21,23,24). The van der Waals surface area contributed by atoms with Gasteiger partial charge in [-0.1, -0.05) is 30.7 Å². The lowest BCUT2D eigenvalue weighted by atomic mass is 10.2. The molecule has 1 atom stereocenters. The fraction of sp³-hybridized carbons (Fsp3) is 0.579. The zero-order chi connectivity index (χ0) is 18.8. The third-order valence-corrected chi connectivity index (χ3v) is 4.86. The van der Waals surface area contributed by atoms with E-state index in [0.717, 1.165) is 25.6 Å². The molecule has 7 heteroatoms. The summed E-state index contributed by atoms with van der Waals surface area (Å²) in [6.07, 6.45) is 2.47. The summed E-state index contributed by atoms with van der Waals surface area (Å²) in [4.78, 5) is 19.3. The Balaban J connectivity index is 1.76. The Morgan fingerprint density at radius 3 is 2.73 bits per heavy atom. The lowest BCUT2D eigenvalue weighted by Crippen LogP contribution is -2.42. The summed E-state index contributed by atoms with van der Waals surface area (Å²) in [6.45, 7) is 9.21. The normalized spacial score (nSPS) is 18.0. The molecule has 0 spiro atoms. The van der Waals surface area contributed by atoms with E-state index in [4.69, 9.17) is 16.6 Å². The molecule has 0 saturated carbocycles. The predicted molar refractivity (Wildman–Crippen MR) is 108 cm³/mol. The lowest BCUT2D eigenvalue weighted by Gasteiger charge is -2.21. The Hall–Kier alpha value is -1.79. The number of carbonyl (C=O) groups excluding carboxylic acids is 1. The van der Waals surface area contributed by atoms with Crippen molar-refractivity contribution in [2.45, 2.75) is 32.7 Å². The fourth-order valence-electron chi connectivity index (χ4n) is 3.15. The molecule has 1 aliphatic heterocycles. The quantitative estimate of drug-likeness (QED) is 0.367. The van der Waals surface area contributed by atoms with Crippen LogP contribution < -0.4 is 16.0 Å². The second-order valence-electron chi connectivity index (χ2n) is 6.31. The largest absolute Gasteiger partial charge is 0.357 e. The number of hydrogen-bond acceptors (Lipinski definition) is 3. The predicted octanol–water partition coefficient (Wildman–Crippen LogP) is 2.11. The van der Waals surface area contributed by atoms with Gasteiger partial charge in [-0.3, -0.25) is 14.7 Å². The molecule has 1 fully saturated rings. The SMILES string of the molecule is CCNC(=NCC1CCCN1CC)NCCNC(=O)c1ccccc1Cl. The zero-order valence-electron chi connectivity index (χ0n) is 15.7. The number of nitrogens with one attached hydrogen (secondary N) is 3. The van der Waals surface area contributed by atoms with Crippen LogP contribution >= 0.6 is 11.6 Å². The first-order valence-electron chi connectivity index (χ1n) is 9.44. The third-order valence-electron chi connectivity index (χ3n) is 4.53. The van der Waals surface area contributed by atoms with Gasteiger partial charge >= 0.3 is 0 Å². The molecule has 0 bridgehead atoms. The Labute approximate surface area is 161 Å². The van der Waals surface area contributed by atoms with Gasteiger partial charge in [0.05, 0.1) is 17.1 Å². The van der Waals surface area contributed by atoms with Gasteiger partial charge in [0.1, 0.15) is 0 Å². The second kappa shape index (κ2) is 11.0. The number of amides is 1. The highest BCUT2D eigenvalue weighted by atomic mass is 35.5. The molecule has 1 aromatic rings. The Bertz CT molecular complexity index is 607. The second-order valence-corrected chi connectivity index (χ2v) is 6.71. The van der Waals surface area contributed by atoms with Crippen LogP contribution in [0.1, 0.15) is 37.0 Å². The van der Waals surface area contributed by atoms with Crippen LogP contribution in [-0.2, 0) is 0 Å². The van der Waals surface area contributed by atoms with Gasteiger partial charge in [-0.15, -0.1) is 0 Å². The van der Waals surface area contributed by atoms with Crippen LogP contribution in [0.2, 0.25) is 5.02 Å². The van der Waals surface area contributed by atoms with E-state index in [9.17, 15) is 4.79 Å². The highest BCUT2D eigenvalue weighted by Gasteiger charge is 2.22. The molecular formula is C19H30ClN5O. The number of rotatable bonds is 8. The van der Waals surface area contributed by atoms with Crippen LogP contribution in [0.25, 0.3) is 0 Å². The van der Waals surface area contributed by atoms with Crippen molar-refractivity contribution in [3.8, 4) is 0 Å². The number of guanidine groups is 1. The topological polar surface area (TPSA) is 68.8 Å². The fourth-order valence-corrected chi connectivity index (χ4v) is 3.38. The van der Waals surface area contributed by atoms with Crippen LogP contribution in [0.3, 0.4) is 0 Å². The maximum Gasteiger partial charge on any atom is 0.252 e. The Morgan fingerprint density at radius 2 is 2.00 bits per heavy atom. The highest BCUT2D eigenvalue weighted by molar-refractivity contribution is 6.33. The highest BCUT2D eigenvalue weighted by Crippen LogP contribution is 2.16. The van der Waals surface area contributed by atoms with Gasteiger partial charge in [0.25, 0.3) is 5.91 Å². The van der Waals surface area contributed by atoms with Crippen LogP contribution in [0.4, 0.5) is 0 Å². The molecule has 1 unspecified atom stereocenters. The van der Waals surface area contributed by atoms with Crippen LogP contribution in [0.15, 0.2) is 29.3 Å². The molecule has 1 aromatic carbocycles. The Kier molecular flexibility index (Phi) is 8.71. The molecule has 0 aromatic heterocycles. The monoisotopic (exact) mass is 379 g/mol. The molecule has 1 aliphatic rings. The molecular weight excluding hydrogens is 350 g/mol. The smallest absolute Gasteiger partial charge is 0.252 e. The number of hydrogen-bond donors (Lipinski definition) is 3. The van der Waals surface area contributed by atoms with Crippen molar-refractivity contribution < 1.29 is 4.79 Å². The van der Waals surface area contributed by atoms with Gasteiger partial charge in [0, 0.05) is 25.7 Å². The van der Waals surface area contributed by atoms with Gasteiger partial charge in [0.15, 0.2) is 5.96 Å². The first-order valence-corrected chi connectivity index (χ1v) is 9.82. The Morgan fingerprint density at radius 1 is 1.23 bits per heavy atom. The molecule has 26 heavy (non-hydrogen) atoms. The first kappa shape index (κ1) is 20.5. The molecule has 1 heterocycles. The van der Waals surface area contributed by atoms with Gasteiger partial charge in [-0.05, 0) is 45.0 Å². The first-order chi connectivity index (χ1) is 12.7. The van der Waals surface area contributed by atoms with Crippen molar-refractivity contribution in [1.82, 2.24) is 20.9 Å². The van der Waals surface area contributed by atoms with Gasteiger partial charge < -0.3 is 16.0 Å². The number of aliphatic imine (C=N–C) groups is 1. The molecule has 6 nitrogen and oxygen atoms in total. The van der Waals surface area contributed by atoms with Crippen molar-refractivity contribution in [2.75, 3.05) is 39.3 Å². The van der Waals surface area contributed by atoms with E-state index in [1.165, 1.54) is 19.4 Å². The van der Waals surface area contributed by atoms with E-state index in [1.54, 1.807) is 18.2 Å². The summed E-state index contributed by atoms with van der Waals surface area (Å²) in [6, 6.07) is 7.59. The van der Waals surface area contributed by atoms with E-state index in [2.05, 4.69) is 27.8 Å². The van der Waals surface area contributed by atoms with Crippen molar-refractivity contribution in [3.63, 3.8) is 0 Å². The number of likely N-dealkylation sites (tertiary alicyclic amines) is 1. The summed E-state index contributed by atoms with van der Waals surface area (Å²) in [5, 5.41) is 9.86. The minimum Gasteiger partial charge on any atom is -0.357 e. The van der Waals surface area contributed by atoms with Crippen LogP contribution in [0, 0.1) is 0 Å². The third kappa shape index (κ3) is 6.18. The minimum atomic E-state index is -0.163. The lowest BCUT2D eigenvalue weighted by molar-refractivity contribution is 0.0954. The molecule has 0 aliphatic carbocycles. The zero-order valence-corrected chi connectivity index (χ0v) is 16.5. The summed E-state index contributed by atoms with van der Waals surface area (Å²) < 4.78 is 0. The van der Waals surface area contributed by atoms with Crippen LogP contribution in [0.5, 0.6) is 0 Å². The maximum atomic E-state index is 12.1. The molecule has 1 saturated heterocycles. The summed E-state index contributed by atoms with van der Waals surface area (Å²) >= 11 is 6.04. The molecule has 144 valence electrons. The molecule has 0 radical (unpaired) electrons. The molecule has 3 N–H and O–H groups in total. The van der Waals surface area contributed by atoms with E-state index in [1.807, 2.05) is 13.0 Å². The van der Waals surface area contributed by atoms with Crippen molar-refractivity contribution in [3.05, 3.63) is 34.9 Å². The number of carbonyl (C=O) groups is 1. The van der Waals surface area contributed by atoms with Crippen molar-refractivity contribution in [1.29, 1.82) is 0 Å². The van der Waals surface area contributed by atoms with E-state index >= 15 is 0 Å². The van der Waals surface area contributed by atoms with Crippen molar-refractivity contribution in [2.24, 2.45) is 4.99 Å². The maximum absolute atomic E-state index is 12.1. The van der Waals surface area contributed by atoms with E-state index in [-0.39, 0.29) is 5.91 Å². The van der Waals surface area contributed by atoms with E-state index < -0.39 is 0 Å². The molecule has 2 rings (SSSR count). The minimum absolute atomic E-state index is 0.163. The summed E-state index contributed by atoms with van der Waals surface area (Å²) in [7, 11) is 0.